The van der Waals surface area contributed by atoms with Crippen molar-refractivity contribution in [2.75, 3.05) is 73.6 Å². The Balaban J connectivity index is 2.56. The fraction of sp³-hybridized carbons (Fsp3) is 0.846. The molecule has 0 bridgehead atoms. The van der Waals surface area contributed by atoms with Crippen LogP contribution in [0.25, 0.3) is 0 Å². The van der Waals surface area contributed by atoms with Crippen LogP contribution in [0, 0.1) is 10.8 Å². The molecule has 0 aliphatic carbocycles. The van der Waals surface area contributed by atoms with Crippen molar-refractivity contribution in [3.8, 4) is 0 Å². The number of methoxy groups -OCH3 is 2. The minimum Gasteiger partial charge on any atom is -0.484 e. The van der Waals surface area contributed by atoms with Crippen LogP contribution in [-0.2, 0) is 9.47 Å². The van der Waals surface area contributed by atoms with Crippen molar-refractivity contribution in [3.63, 3.8) is 0 Å². The number of hydrogen-bond donors (Lipinski definition) is 2. The van der Waals surface area contributed by atoms with Crippen LogP contribution in [0.5, 0.6) is 0 Å². The van der Waals surface area contributed by atoms with Crippen LogP contribution in [0.15, 0.2) is 0 Å². The lowest BCUT2D eigenvalue weighted by molar-refractivity contribution is 0.232. The zero-order chi connectivity index (χ0) is 15.0. The Kier molecular flexibility index (Phi) is 7.50. The predicted octanol–water partition coefficient (Wildman–Crippen LogP) is -0.217. The summed E-state index contributed by atoms with van der Waals surface area (Å²) in [5, 5.41) is 15.3. The number of ether oxygens (including phenoxy) is 2. The van der Waals surface area contributed by atoms with Gasteiger partial charge in [-0.3, -0.25) is 20.6 Å². The third-order valence-corrected chi connectivity index (χ3v) is 3.56. The monoisotopic (exact) mass is 285 g/mol. The topological polar surface area (TPSA) is 75.9 Å². The molecule has 0 spiro atoms. The molecule has 0 aromatic heterocycles. The Bertz CT molecular complexity index is 294. The van der Waals surface area contributed by atoms with Crippen molar-refractivity contribution in [2.45, 2.75) is 0 Å². The average molecular weight is 285 g/mol. The molecular weight excluding hydrogens is 258 g/mol. The lowest BCUT2D eigenvalue weighted by Gasteiger charge is -2.25. The van der Waals surface area contributed by atoms with Crippen LogP contribution < -0.4 is 0 Å². The van der Waals surface area contributed by atoms with Gasteiger partial charge in [-0.15, -0.1) is 0 Å². The highest BCUT2D eigenvalue weighted by Crippen LogP contribution is 2.00. The highest BCUT2D eigenvalue weighted by atomic mass is 16.5. The molecule has 1 fully saturated rings. The standard InChI is InChI=1S/C13H27N5O2/c1-16-4-6-17(10-12(14)19-2)8-9-18(7-5-16)11-13(15)20-3/h14-15H,4-11H2,1-3H3. The fourth-order valence-electron chi connectivity index (χ4n) is 2.09. The number of rotatable bonds is 4. The summed E-state index contributed by atoms with van der Waals surface area (Å²) in [7, 11) is 5.18. The van der Waals surface area contributed by atoms with Gasteiger partial charge in [0.2, 0.25) is 0 Å². The molecule has 0 unspecified atom stereocenters. The molecular formula is C13H27N5O2. The maximum atomic E-state index is 7.65. The maximum absolute atomic E-state index is 7.65. The second-order valence-electron chi connectivity index (χ2n) is 5.11. The number of nitrogens with one attached hydrogen (secondary N) is 2. The molecule has 20 heavy (non-hydrogen) atoms. The van der Waals surface area contributed by atoms with E-state index < -0.39 is 0 Å². The van der Waals surface area contributed by atoms with Gasteiger partial charge >= 0.3 is 0 Å². The summed E-state index contributed by atoms with van der Waals surface area (Å²) in [5.41, 5.74) is 0. The minimum absolute atomic E-state index is 0.295. The number of nitrogens with zero attached hydrogens (tertiary/aromatic N) is 3. The summed E-state index contributed by atoms with van der Waals surface area (Å²) in [6.45, 7) is 6.64. The normalized spacial score (nSPS) is 19.8. The van der Waals surface area contributed by atoms with Crippen molar-refractivity contribution < 1.29 is 9.47 Å². The molecule has 0 amide bonds. The van der Waals surface area contributed by atoms with Gasteiger partial charge in [0, 0.05) is 39.3 Å². The fourth-order valence-corrected chi connectivity index (χ4v) is 2.09. The summed E-state index contributed by atoms with van der Waals surface area (Å²) in [4.78, 5) is 6.71. The first-order valence-corrected chi connectivity index (χ1v) is 6.91. The summed E-state index contributed by atoms with van der Waals surface area (Å²) in [6.07, 6.45) is 0. The van der Waals surface area contributed by atoms with Crippen LogP contribution in [0.4, 0.5) is 0 Å². The Hall–Kier alpha value is -1.18. The molecule has 0 radical (unpaired) electrons. The van der Waals surface area contributed by atoms with Gasteiger partial charge in [-0.1, -0.05) is 0 Å². The lowest BCUT2D eigenvalue weighted by atomic mass is 10.4. The van der Waals surface area contributed by atoms with Gasteiger partial charge < -0.3 is 14.4 Å². The molecule has 0 aromatic rings. The van der Waals surface area contributed by atoms with Crippen LogP contribution in [0.3, 0.4) is 0 Å². The largest absolute Gasteiger partial charge is 0.484 e. The van der Waals surface area contributed by atoms with Crippen molar-refractivity contribution in [1.29, 1.82) is 10.8 Å². The third kappa shape index (κ3) is 6.31. The van der Waals surface area contributed by atoms with Crippen molar-refractivity contribution >= 4 is 11.8 Å². The zero-order valence-corrected chi connectivity index (χ0v) is 12.8. The van der Waals surface area contributed by atoms with Crippen molar-refractivity contribution in [1.82, 2.24) is 14.7 Å². The summed E-state index contributed by atoms with van der Waals surface area (Å²) in [6, 6.07) is 0. The van der Waals surface area contributed by atoms with Crippen molar-refractivity contribution in [2.24, 2.45) is 0 Å². The van der Waals surface area contributed by atoms with E-state index in [1.165, 1.54) is 14.2 Å². The molecule has 0 saturated carbocycles. The molecule has 1 aliphatic heterocycles. The Morgan fingerprint density at radius 3 is 1.50 bits per heavy atom. The average Bonchev–Trinajstić information content (AvgIpc) is 2.52. The molecule has 1 rings (SSSR count). The first kappa shape index (κ1) is 16.9. The van der Waals surface area contributed by atoms with Gasteiger partial charge in [0.25, 0.3) is 0 Å². The van der Waals surface area contributed by atoms with E-state index in [1.54, 1.807) is 0 Å². The van der Waals surface area contributed by atoms with Crippen LogP contribution in [-0.4, -0.2) is 100 Å². The summed E-state index contributed by atoms with van der Waals surface area (Å²) in [5.74, 6) is 0.589. The van der Waals surface area contributed by atoms with E-state index in [0.717, 1.165) is 39.3 Å². The van der Waals surface area contributed by atoms with Gasteiger partial charge in [-0.25, -0.2) is 0 Å². The van der Waals surface area contributed by atoms with Crippen molar-refractivity contribution in [3.05, 3.63) is 0 Å². The van der Waals surface area contributed by atoms with Crippen LogP contribution in [0.2, 0.25) is 0 Å². The molecule has 7 nitrogen and oxygen atoms in total. The van der Waals surface area contributed by atoms with Gasteiger partial charge in [-0.05, 0) is 7.05 Å². The second-order valence-corrected chi connectivity index (χ2v) is 5.11. The Morgan fingerprint density at radius 1 is 0.800 bits per heavy atom. The van der Waals surface area contributed by atoms with Gasteiger partial charge in [0.15, 0.2) is 11.8 Å². The summed E-state index contributed by atoms with van der Waals surface area (Å²) < 4.78 is 9.90. The number of hydrogen-bond acceptors (Lipinski definition) is 7. The highest BCUT2D eigenvalue weighted by molar-refractivity contribution is 5.75. The zero-order valence-electron chi connectivity index (χ0n) is 12.8. The molecule has 0 atom stereocenters. The van der Waals surface area contributed by atoms with E-state index in [2.05, 4.69) is 21.7 Å². The van der Waals surface area contributed by atoms with E-state index in [-0.39, 0.29) is 0 Å². The molecule has 7 heteroatoms. The molecule has 1 heterocycles. The molecule has 1 saturated heterocycles. The minimum atomic E-state index is 0.295. The first-order chi connectivity index (χ1) is 9.55. The van der Waals surface area contributed by atoms with E-state index >= 15 is 0 Å². The molecule has 116 valence electrons. The van der Waals surface area contributed by atoms with E-state index in [9.17, 15) is 0 Å². The smallest absolute Gasteiger partial charge is 0.194 e. The molecule has 1 aliphatic rings. The van der Waals surface area contributed by atoms with E-state index in [4.69, 9.17) is 20.3 Å². The SMILES string of the molecule is COC(=N)CN1CCN(C)CCN(CC(=N)OC)CC1. The lowest BCUT2D eigenvalue weighted by Crippen LogP contribution is -2.40. The molecule has 0 aromatic carbocycles. The van der Waals surface area contributed by atoms with Crippen LogP contribution in [0.1, 0.15) is 0 Å². The Morgan fingerprint density at radius 2 is 1.15 bits per heavy atom. The quantitative estimate of drug-likeness (QED) is 0.552. The highest BCUT2D eigenvalue weighted by Gasteiger charge is 2.16. The van der Waals surface area contributed by atoms with Gasteiger partial charge in [0.05, 0.1) is 27.3 Å². The van der Waals surface area contributed by atoms with Crippen LogP contribution >= 0.6 is 0 Å². The third-order valence-electron chi connectivity index (χ3n) is 3.56. The number of likely N-dealkylation sites (N-methyl/N-ethyl adjacent to an activating group) is 1. The van der Waals surface area contributed by atoms with E-state index in [0.29, 0.717) is 24.9 Å². The van der Waals surface area contributed by atoms with Gasteiger partial charge in [-0.2, -0.15) is 0 Å². The predicted molar refractivity (Wildman–Crippen MR) is 79.8 cm³/mol. The first-order valence-electron chi connectivity index (χ1n) is 6.91. The maximum Gasteiger partial charge on any atom is 0.194 e. The van der Waals surface area contributed by atoms with Gasteiger partial charge in [0.1, 0.15) is 0 Å². The second kappa shape index (κ2) is 8.89. The van der Waals surface area contributed by atoms with E-state index in [1.807, 2.05) is 0 Å². The Labute approximate surface area is 121 Å². The summed E-state index contributed by atoms with van der Waals surface area (Å²) >= 11 is 0. The molecule has 2 N–H and O–H groups in total.